The maximum absolute atomic E-state index is 11.3. The van der Waals surface area contributed by atoms with E-state index >= 15 is 0 Å². The van der Waals surface area contributed by atoms with E-state index in [9.17, 15) is 9.90 Å². The van der Waals surface area contributed by atoms with E-state index in [2.05, 4.69) is 31.2 Å². The summed E-state index contributed by atoms with van der Waals surface area (Å²) in [5.41, 5.74) is 1.61. The molecule has 0 saturated heterocycles. The van der Waals surface area contributed by atoms with Crippen LogP contribution < -0.4 is 0 Å². The minimum atomic E-state index is -0.874. The quantitative estimate of drug-likeness (QED) is 0.854. The third-order valence-electron chi connectivity index (χ3n) is 3.99. The number of carboxylic acid groups (broad SMARTS) is 1. The molecule has 0 aromatic heterocycles. The number of carboxylic acids is 1. The van der Waals surface area contributed by atoms with Gasteiger partial charge in [-0.05, 0) is 45.4 Å². The average molecular weight is 263 g/mol. The predicted octanol–water partition coefficient (Wildman–Crippen LogP) is 3.50. The molecule has 0 fully saturated rings. The van der Waals surface area contributed by atoms with Crippen molar-refractivity contribution in [2.24, 2.45) is 0 Å². The molecule has 0 amide bonds. The van der Waals surface area contributed by atoms with Crippen molar-refractivity contribution in [3.8, 4) is 0 Å². The lowest BCUT2D eigenvalue weighted by Gasteiger charge is -2.36. The number of nitrogens with zero attached hydrogens (tertiary/aromatic N) is 1. The molecule has 0 heterocycles. The summed E-state index contributed by atoms with van der Waals surface area (Å²) in [7, 11) is 1.86. The van der Waals surface area contributed by atoms with E-state index in [1.54, 1.807) is 13.8 Å². The molecule has 106 valence electrons. The Morgan fingerprint density at radius 2 is 1.84 bits per heavy atom. The molecule has 0 bridgehead atoms. The third-order valence-corrected chi connectivity index (χ3v) is 3.99. The maximum atomic E-state index is 11.3. The maximum Gasteiger partial charge on any atom is 0.323 e. The first kappa shape index (κ1) is 15.7. The van der Waals surface area contributed by atoms with Crippen LogP contribution in [0.2, 0.25) is 0 Å². The van der Waals surface area contributed by atoms with Crippen LogP contribution in [0.15, 0.2) is 24.3 Å². The standard InChI is InChI=1S/C16H25NO2/c1-6-7-13-8-10-14(11-9-13)12(2)17(5)16(3,4)15(18)19/h8-12H,6-7H2,1-5H3,(H,18,19). The molecule has 3 heteroatoms. The normalized spacial score (nSPS) is 13.6. The monoisotopic (exact) mass is 263 g/mol. The van der Waals surface area contributed by atoms with E-state index in [4.69, 9.17) is 0 Å². The molecular weight excluding hydrogens is 238 g/mol. The van der Waals surface area contributed by atoms with Gasteiger partial charge < -0.3 is 5.11 Å². The summed E-state index contributed by atoms with van der Waals surface area (Å²) < 4.78 is 0. The number of aliphatic carboxylic acids is 1. The van der Waals surface area contributed by atoms with Crippen LogP contribution in [-0.2, 0) is 11.2 Å². The highest BCUT2D eigenvalue weighted by molar-refractivity contribution is 5.77. The van der Waals surface area contributed by atoms with Gasteiger partial charge in [-0.3, -0.25) is 9.69 Å². The molecule has 0 spiro atoms. The summed E-state index contributed by atoms with van der Waals surface area (Å²) in [5, 5.41) is 9.28. The van der Waals surface area contributed by atoms with Gasteiger partial charge in [-0.25, -0.2) is 0 Å². The van der Waals surface area contributed by atoms with Crippen LogP contribution in [0.1, 0.15) is 51.3 Å². The number of aryl methyl sites for hydroxylation is 1. The van der Waals surface area contributed by atoms with E-state index < -0.39 is 11.5 Å². The Kier molecular flexibility index (Phi) is 5.12. The van der Waals surface area contributed by atoms with E-state index in [0.29, 0.717) is 0 Å². The molecule has 0 aliphatic heterocycles. The summed E-state index contributed by atoms with van der Waals surface area (Å²) in [5.74, 6) is -0.801. The minimum Gasteiger partial charge on any atom is -0.480 e. The van der Waals surface area contributed by atoms with Gasteiger partial charge >= 0.3 is 5.97 Å². The minimum absolute atomic E-state index is 0.0711. The van der Waals surface area contributed by atoms with Crippen molar-refractivity contribution in [1.82, 2.24) is 4.90 Å². The fourth-order valence-electron chi connectivity index (χ4n) is 2.11. The van der Waals surface area contributed by atoms with Crippen LogP contribution in [0.25, 0.3) is 0 Å². The Bertz CT molecular complexity index is 423. The summed E-state index contributed by atoms with van der Waals surface area (Å²) in [6.45, 7) is 7.67. The Morgan fingerprint density at radius 1 is 1.32 bits per heavy atom. The van der Waals surface area contributed by atoms with Crippen molar-refractivity contribution in [1.29, 1.82) is 0 Å². The average Bonchev–Trinajstić information content (AvgIpc) is 2.38. The first-order valence-corrected chi connectivity index (χ1v) is 6.85. The van der Waals surface area contributed by atoms with Crippen molar-refractivity contribution in [3.63, 3.8) is 0 Å². The number of likely N-dealkylation sites (N-methyl/N-ethyl adjacent to an activating group) is 1. The van der Waals surface area contributed by atoms with E-state index in [1.165, 1.54) is 5.56 Å². The SMILES string of the molecule is CCCc1ccc(C(C)N(C)C(C)(C)C(=O)O)cc1. The summed E-state index contributed by atoms with van der Waals surface area (Å²) >= 11 is 0. The zero-order valence-electron chi connectivity index (χ0n) is 12.6. The molecule has 0 aliphatic rings. The van der Waals surface area contributed by atoms with Crippen molar-refractivity contribution < 1.29 is 9.90 Å². The van der Waals surface area contributed by atoms with Gasteiger partial charge in [0.25, 0.3) is 0 Å². The molecule has 3 nitrogen and oxygen atoms in total. The second-order valence-electron chi connectivity index (χ2n) is 5.64. The van der Waals surface area contributed by atoms with Gasteiger partial charge in [-0.2, -0.15) is 0 Å². The number of rotatable bonds is 6. The molecule has 1 aromatic rings. The molecule has 1 N–H and O–H groups in total. The lowest BCUT2D eigenvalue weighted by Crippen LogP contribution is -2.48. The zero-order valence-corrected chi connectivity index (χ0v) is 12.6. The van der Waals surface area contributed by atoms with Gasteiger partial charge in [-0.15, -0.1) is 0 Å². The molecule has 1 atom stereocenters. The lowest BCUT2D eigenvalue weighted by atomic mass is 9.97. The van der Waals surface area contributed by atoms with Gasteiger partial charge in [0.2, 0.25) is 0 Å². The van der Waals surface area contributed by atoms with Crippen molar-refractivity contribution in [3.05, 3.63) is 35.4 Å². The lowest BCUT2D eigenvalue weighted by molar-refractivity contribution is -0.149. The van der Waals surface area contributed by atoms with Gasteiger partial charge in [0.05, 0.1) is 0 Å². The van der Waals surface area contributed by atoms with Gasteiger partial charge in [0.1, 0.15) is 5.54 Å². The Hall–Kier alpha value is -1.35. The van der Waals surface area contributed by atoms with Crippen LogP contribution >= 0.6 is 0 Å². The van der Waals surface area contributed by atoms with Crippen molar-refractivity contribution in [2.45, 2.75) is 52.1 Å². The Balaban J connectivity index is 2.87. The van der Waals surface area contributed by atoms with Gasteiger partial charge in [0, 0.05) is 6.04 Å². The van der Waals surface area contributed by atoms with Crippen LogP contribution in [0.5, 0.6) is 0 Å². The van der Waals surface area contributed by atoms with E-state index in [1.807, 2.05) is 18.9 Å². The molecule has 0 aliphatic carbocycles. The molecule has 1 unspecified atom stereocenters. The largest absolute Gasteiger partial charge is 0.480 e. The number of hydrogen-bond donors (Lipinski definition) is 1. The first-order chi connectivity index (χ1) is 8.80. The fraction of sp³-hybridized carbons (Fsp3) is 0.562. The Morgan fingerprint density at radius 3 is 2.26 bits per heavy atom. The zero-order chi connectivity index (χ0) is 14.6. The highest BCUT2D eigenvalue weighted by Crippen LogP contribution is 2.26. The highest BCUT2D eigenvalue weighted by Gasteiger charge is 2.35. The van der Waals surface area contributed by atoms with Gasteiger partial charge in [0.15, 0.2) is 0 Å². The summed E-state index contributed by atoms with van der Waals surface area (Å²) in [4.78, 5) is 13.2. The van der Waals surface area contributed by atoms with Crippen LogP contribution in [0.3, 0.4) is 0 Å². The summed E-state index contributed by atoms with van der Waals surface area (Å²) in [6, 6.07) is 8.55. The fourth-order valence-corrected chi connectivity index (χ4v) is 2.11. The molecule has 19 heavy (non-hydrogen) atoms. The third kappa shape index (κ3) is 3.57. The second-order valence-corrected chi connectivity index (χ2v) is 5.64. The Labute approximate surface area is 116 Å². The molecule has 1 aromatic carbocycles. The second kappa shape index (κ2) is 6.20. The van der Waals surface area contributed by atoms with Gasteiger partial charge in [-0.1, -0.05) is 37.6 Å². The predicted molar refractivity (Wildman–Crippen MR) is 78.3 cm³/mol. The van der Waals surface area contributed by atoms with Crippen LogP contribution in [0.4, 0.5) is 0 Å². The number of carbonyl (C=O) groups is 1. The smallest absolute Gasteiger partial charge is 0.323 e. The van der Waals surface area contributed by atoms with Crippen molar-refractivity contribution in [2.75, 3.05) is 7.05 Å². The van der Waals surface area contributed by atoms with E-state index in [-0.39, 0.29) is 6.04 Å². The first-order valence-electron chi connectivity index (χ1n) is 6.85. The number of hydrogen-bond acceptors (Lipinski definition) is 2. The molecular formula is C16H25NO2. The number of benzene rings is 1. The van der Waals surface area contributed by atoms with Crippen molar-refractivity contribution >= 4 is 5.97 Å². The highest BCUT2D eigenvalue weighted by atomic mass is 16.4. The molecule has 0 radical (unpaired) electrons. The van der Waals surface area contributed by atoms with Crippen LogP contribution in [0, 0.1) is 0 Å². The molecule has 0 saturated carbocycles. The topological polar surface area (TPSA) is 40.5 Å². The summed E-state index contributed by atoms with van der Waals surface area (Å²) in [6.07, 6.45) is 2.23. The van der Waals surface area contributed by atoms with E-state index in [0.717, 1.165) is 18.4 Å². The van der Waals surface area contributed by atoms with Crippen LogP contribution in [-0.4, -0.2) is 28.6 Å². The molecule has 1 rings (SSSR count).